The minimum atomic E-state index is -1.58. The highest BCUT2D eigenvalue weighted by Crippen LogP contribution is 2.35. The van der Waals surface area contributed by atoms with Crippen molar-refractivity contribution >= 4 is 52.0 Å². The highest BCUT2D eigenvalue weighted by Gasteiger charge is 2.59. The fourth-order valence-electron chi connectivity index (χ4n) is 3.82. The molecule has 1 fully saturated rings. The van der Waals surface area contributed by atoms with Crippen LogP contribution in [-0.2, 0) is 14.3 Å². The molecule has 0 aromatic heterocycles. The molecule has 3 aromatic carbocycles. The molecule has 35 heavy (non-hydrogen) atoms. The zero-order valence-electron chi connectivity index (χ0n) is 19.7. The molecule has 3 aromatic rings. The van der Waals surface area contributed by atoms with Crippen molar-refractivity contribution in [1.82, 2.24) is 0 Å². The highest BCUT2D eigenvalue weighted by molar-refractivity contribution is 6.77. The van der Waals surface area contributed by atoms with E-state index >= 15 is 0 Å². The number of para-hydroxylation sites is 1. The molecule has 1 amide bonds. The van der Waals surface area contributed by atoms with E-state index in [0.717, 1.165) is 5.56 Å². The fraction of sp³-hybridized carbons (Fsp3) is 0.185. The molecule has 1 N–H and O–H groups in total. The third kappa shape index (κ3) is 4.81. The normalized spacial score (nSPS) is 19.9. The van der Waals surface area contributed by atoms with Gasteiger partial charge in [-0.25, -0.2) is 9.79 Å². The Morgan fingerprint density at radius 1 is 1.03 bits per heavy atom. The average Bonchev–Trinajstić information content (AvgIpc) is 3.07. The van der Waals surface area contributed by atoms with Gasteiger partial charge in [-0.05, 0) is 69.3 Å². The summed E-state index contributed by atoms with van der Waals surface area (Å²) in [6.07, 6.45) is 0. The van der Waals surface area contributed by atoms with Crippen molar-refractivity contribution in [3.63, 3.8) is 0 Å². The third-order valence-corrected chi connectivity index (χ3v) is 5.89. The molecule has 0 bridgehead atoms. The van der Waals surface area contributed by atoms with Crippen molar-refractivity contribution in [2.45, 2.75) is 26.3 Å². The van der Waals surface area contributed by atoms with Gasteiger partial charge in [0.1, 0.15) is 5.71 Å². The van der Waals surface area contributed by atoms with E-state index < -0.39 is 17.4 Å². The number of hydrogen-bond acceptors (Lipinski definition) is 6. The number of amides is 1. The molecule has 0 aliphatic carbocycles. The van der Waals surface area contributed by atoms with Crippen LogP contribution in [0.25, 0.3) is 0 Å². The Hall–Kier alpha value is -3.97. The summed E-state index contributed by atoms with van der Waals surface area (Å²) in [6.45, 7) is 5.43. The Morgan fingerprint density at radius 3 is 2.31 bits per heavy atom. The molecule has 1 saturated heterocycles. The van der Waals surface area contributed by atoms with E-state index in [0.29, 0.717) is 22.1 Å². The molecule has 0 radical (unpaired) electrons. The van der Waals surface area contributed by atoms with Crippen molar-refractivity contribution in [3.05, 3.63) is 89.4 Å². The Morgan fingerprint density at radius 2 is 1.69 bits per heavy atom. The Bertz CT molecular complexity index is 1290. The number of esters is 1. The van der Waals surface area contributed by atoms with Gasteiger partial charge in [-0.15, -0.1) is 0 Å². The smallest absolute Gasteiger partial charge is 0.338 e. The zero-order chi connectivity index (χ0) is 25.0. The van der Waals surface area contributed by atoms with Gasteiger partial charge in [0.2, 0.25) is 0 Å². The molecule has 1 atom stereocenters. The van der Waals surface area contributed by atoms with Gasteiger partial charge in [-0.3, -0.25) is 15.1 Å². The van der Waals surface area contributed by atoms with E-state index in [1.807, 2.05) is 61.5 Å². The molecule has 7 nitrogen and oxygen atoms in total. The number of carbonyl (C=O) groups excluding carboxylic acids is 2. The summed E-state index contributed by atoms with van der Waals surface area (Å²) in [7, 11) is 0. The van der Waals surface area contributed by atoms with Gasteiger partial charge in [0.25, 0.3) is 5.91 Å². The number of hydrogen-bond donors (Lipinski definition) is 1. The van der Waals surface area contributed by atoms with Crippen LogP contribution in [0.2, 0.25) is 5.02 Å². The summed E-state index contributed by atoms with van der Waals surface area (Å²) in [5, 5.41) is 5.04. The summed E-state index contributed by atoms with van der Waals surface area (Å²) >= 11 is 6.08. The second kappa shape index (κ2) is 10.1. The molecular formula is C27H25ClN4O3. The molecular weight excluding hydrogens is 464 g/mol. The first-order valence-electron chi connectivity index (χ1n) is 11.2. The maximum atomic E-state index is 13.9. The molecule has 0 saturated carbocycles. The first-order chi connectivity index (χ1) is 16.8. The van der Waals surface area contributed by atoms with Crippen LogP contribution in [0, 0.1) is 6.92 Å². The van der Waals surface area contributed by atoms with Crippen molar-refractivity contribution in [2.24, 2.45) is 10.1 Å². The number of ether oxygens (including phenoxy) is 1. The molecule has 178 valence electrons. The van der Waals surface area contributed by atoms with Crippen LogP contribution < -0.4 is 10.3 Å². The number of carbonyl (C=O) groups is 2. The van der Waals surface area contributed by atoms with Crippen molar-refractivity contribution < 1.29 is 14.3 Å². The van der Waals surface area contributed by atoms with Gasteiger partial charge in [-0.1, -0.05) is 47.5 Å². The fourth-order valence-corrected chi connectivity index (χ4v) is 3.94. The molecule has 4 rings (SSSR count). The van der Waals surface area contributed by atoms with E-state index in [-0.39, 0.29) is 18.0 Å². The topological polar surface area (TPSA) is 83.4 Å². The summed E-state index contributed by atoms with van der Waals surface area (Å²) < 4.78 is 5.43. The monoisotopic (exact) mass is 488 g/mol. The average molecular weight is 489 g/mol. The van der Waals surface area contributed by atoms with Crippen LogP contribution in [0.5, 0.6) is 0 Å². The maximum absolute atomic E-state index is 13.9. The van der Waals surface area contributed by atoms with Crippen LogP contribution in [0.1, 0.15) is 19.4 Å². The van der Waals surface area contributed by atoms with Crippen molar-refractivity contribution in [3.8, 4) is 0 Å². The molecule has 0 spiro atoms. The van der Waals surface area contributed by atoms with Crippen LogP contribution in [0.3, 0.4) is 0 Å². The SMILES string of the molecule is CCOC(=O)C1(C)C(=NNc2ccccc2)C(=Nc2ccc(C)cc2)C(=O)N1c1ccc(Cl)cc1. The molecule has 1 aliphatic heterocycles. The van der Waals surface area contributed by atoms with Gasteiger partial charge in [0, 0.05) is 10.7 Å². The number of halogens is 1. The van der Waals surface area contributed by atoms with Crippen molar-refractivity contribution in [2.75, 3.05) is 16.9 Å². The van der Waals surface area contributed by atoms with E-state index in [1.54, 1.807) is 38.1 Å². The Labute approximate surface area is 209 Å². The van der Waals surface area contributed by atoms with Gasteiger partial charge in [0.15, 0.2) is 11.3 Å². The predicted octanol–water partition coefficient (Wildman–Crippen LogP) is 5.56. The minimum Gasteiger partial charge on any atom is -0.464 e. The van der Waals surface area contributed by atoms with E-state index in [9.17, 15) is 9.59 Å². The number of aryl methyl sites for hydroxylation is 1. The van der Waals surface area contributed by atoms with Gasteiger partial charge >= 0.3 is 5.97 Å². The lowest BCUT2D eigenvalue weighted by atomic mass is 9.95. The van der Waals surface area contributed by atoms with Gasteiger partial charge < -0.3 is 4.74 Å². The number of nitrogens with one attached hydrogen (secondary N) is 1. The standard InChI is InChI=1S/C27H25ClN4O3/c1-4-35-26(34)27(3)24(31-30-21-8-6-5-7-9-21)23(29-20-14-10-18(2)11-15-20)25(33)32(27)22-16-12-19(28)13-17-22/h5-17,30H,4H2,1-3H3. The van der Waals surface area contributed by atoms with E-state index in [2.05, 4.69) is 15.5 Å². The van der Waals surface area contributed by atoms with Crippen LogP contribution in [0.15, 0.2) is 89.0 Å². The summed E-state index contributed by atoms with van der Waals surface area (Å²) in [4.78, 5) is 33.3. The lowest BCUT2D eigenvalue weighted by Gasteiger charge is -2.32. The summed E-state index contributed by atoms with van der Waals surface area (Å²) in [5.74, 6) is -1.09. The number of rotatable bonds is 6. The van der Waals surface area contributed by atoms with Gasteiger partial charge in [0.05, 0.1) is 18.0 Å². The molecule has 1 heterocycles. The second-order valence-corrected chi connectivity index (χ2v) is 8.58. The maximum Gasteiger partial charge on any atom is 0.338 e. The number of aliphatic imine (C=N–C) groups is 1. The number of anilines is 2. The molecule has 1 unspecified atom stereocenters. The Kier molecular flexibility index (Phi) is 6.98. The molecule has 1 aliphatic rings. The van der Waals surface area contributed by atoms with Gasteiger partial charge in [-0.2, -0.15) is 5.10 Å². The summed E-state index contributed by atoms with van der Waals surface area (Å²) in [6, 6.07) is 23.3. The highest BCUT2D eigenvalue weighted by atomic mass is 35.5. The number of nitrogens with zero attached hydrogens (tertiary/aromatic N) is 3. The Balaban J connectivity index is 1.92. The van der Waals surface area contributed by atoms with Crippen molar-refractivity contribution in [1.29, 1.82) is 0 Å². The first-order valence-corrected chi connectivity index (χ1v) is 11.5. The molecule has 8 heteroatoms. The first kappa shape index (κ1) is 24.2. The lowest BCUT2D eigenvalue weighted by Crippen LogP contribution is -2.55. The lowest BCUT2D eigenvalue weighted by molar-refractivity contribution is -0.146. The predicted molar refractivity (Wildman–Crippen MR) is 140 cm³/mol. The number of hydrazone groups is 1. The third-order valence-electron chi connectivity index (χ3n) is 5.64. The van der Waals surface area contributed by atoms with E-state index in [1.165, 1.54) is 4.90 Å². The largest absolute Gasteiger partial charge is 0.464 e. The van der Waals surface area contributed by atoms with Crippen LogP contribution in [-0.4, -0.2) is 35.4 Å². The van der Waals surface area contributed by atoms with Crippen LogP contribution >= 0.6 is 11.6 Å². The minimum absolute atomic E-state index is 0.0442. The van der Waals surface area contributed by atoms with E-state index in [4.69, 9.17) is 16.3 Å². The quantitative estimate of drug-likeness (QED) is 0.364. The number of benzene rings is 3. The summed E-state index contributed by atoms with van der Waals surface area (Å²) in [5.41, 5.74) is 4.37. The zero-order valence-corrected chi connectivity index (χ0v) is 20.4. The second-order valence-electron chi connectivity index (χ2n) is 8.14. The van der Waals surface area contributed by atoms with Crippen LogP contribution in [0.4, 0.5) is 17.1 Å².